The molecule has 3 aliphatic rings. The van der Waals surface area contributed by atoms with E-state index in [1.165, 1.54) is 38.9 Å². The van der Waals surface area contributed by atoms with Crippen molar-refractivity contribution in [2.24, 2.45) is 0 Å². The molecule has 5 nitrogen and oxygen atoms in total. The van der Waals surface area contributed by atoms with Crippen molar-refractivity contribution in [3.05, 3.63) is 29.8 Å². The molecule has 1 aromatic rings. The predicted molar refractivity (Wildman–Crippen MR) is 116 cm³/mol. The molecule has 29 heavy (non-hydrogen) atoms. The van der Waals surface area contributed by atoms with Crippen molar-refractivity contribution in [3.63, 3.8) is 0 Å². The number of piperidine rings is 2. The minimum Gasteiger partial charge on any atom is -0.497 e. The first-order valence-electron chi connectivity index (χ1n) is 11.5. The van der Waals surface area contributed by atoms with Crippen LogP contribution in [0.15, 0.2) is 24.3 Å². The summed E-state index contributed by atoms with van der Waals surface area (Å²) in [6, 6.07) is 9.14. The Morgan fingerprint density at radius 1 is 1.03 bits per heavy atom. The number of likely N-dealkylation sites (tertiary alicyclic amines) is 2. The summed E-state index contributed by atoms with van der Waals surface area (Å²) in [5, 5.41) is 3.48. The SMILES string of the molecule is COc1ccc(C2(C(=O)N[C@@H]3CCCN(C4CCN(C)CC4)C3)CCCC2)cc1. The second-order valence-corrected chi connectivity index (χ2v) is 9.36. The lowest BCUT2D eigenvalue weighted by molar-refractivity contribution is -0.127. The van der Waals surface area contributed by atoms with Crippen molar-refractivity contribution in [3.8, 4) is 5.75 Å². The molecule has 0 aromatic heterocycles. The summed E-state index contributed by atoms with van der Waals surface area (Å²) >= 11 is 0. The zero-order chi connectivity index (χ0) is 20.3. The third kappa shape index (κ3) is 4.46. The molecule has 2 heterocycles. The number of ether oxygens (including phenoxy) is 1. The van der Waals surface area contributed by atoms with Crippen molar-refractivity contribution in [1.82, 2.24) is 15.1 Å². The van der Waals surface area contributed by atoms with Crippen LogP contribution in [0.25, 0.3) is 0 Å². The average Bonchev–Trinajstić information content (AvgIpc) is 3.26. The van der Waals surface area contributed by atoms with Crippen molar-refractivity contribution < 1.29 is 9.53 Å². The van der Waals surface area contributed by atoms with Gasteiger partial charge in [0.25, 0.3) is 0 Å². The number of nitrogens with one attached hydrogen (secondary N) is 1. The molecule has 1 atom stereocenters. The van der Waals surface area contributed by atoms with Gasteiger partial charge in [0.15, 0.2) is 0 Å². The summed E-state index contributed by atoms with van der Waals surface area (Å²) in [6.07, 6.45) is 8.98. The van der Waals surface area contributed by atoms with Gasteiger partial charge >= 0.3 is 0 Å². The lowest BCUT2D eigenvalue weighted by Gasteiger charge is -2.42. The number of hydrogen-bond acceptors (Lipinski definition) is 4. The standard InChI is InChI=1S/C24H37N3O2/c1-26-16-11-21(12-17-26)27-15-5-6-20(18-27)25-23(28)24(13-3-4-14-24)19-7-9-22(29-2)10-8-19/h7-10,20-21H,3-6,11-18H2,1-2H3,(H,25,28)/t20-/m1/s1. The van der Waals surface area contributed by atoms with E-state index in [1.807, 2.05) is 12.1 Å². The van der Waals surface area contributed by atoms with E-state index in [1.54, 1.807) is 7.11 Å². The Morgan fingerprint density at radius 2 is 1.72 bits per heavy atom. The van der Waals surface area contributed by atoms with Crippen LogP contribution in [0.1, 0.15) is 56.9 Å². The molecule has 1 aromatic carbocycles. The van der Waals surface area contributed by atoms with Crippen LogP contribution in [-0.4, -0.2) is 68.1 Å². The van der Waals surface area contributed by atoms with E-state index >= 15 is 0 Å². The largest absolute Gasteiger partial charge is 0.497 e. The van der Waals surface area contributed by atoms with Gasteiger partial charge in [-0.1, -0.05) is 25.0 Å². The van der Waals surface area contributed by atoms with E-state index in [0.717, 1.165) is 50.0 Å². The molecular weight excluding hydrogens is 362 g/mol. The van der Waals surface area contributed by atoms with Crippen LogP contribution in [0.2, 0.25) is 0 Å². The minimum atomic E-state index is -0.359. The normalized spacial score (nSPS) is 26.3. The molecule has 5 heteroatoms. The third-order valence-corrected chi connectivity index (χ3v) is 7.53. The first-order valence-corrected chi connectivity index (χ1v) is 11.5. The van der Waals surface area contributed by atoms with Gasteiger partial charge in [-0.15, -0.1) is 0 Å². The molecule has 1 saturated carbocycles. The van der Waals surface area contributed by atoms with Crippen molar-refractivity contribution in [2.75, 3.05) is 40.3 Å². The minimum absolute atomic E-state index is 0.246. The monoisotopic (exact) mass is 399 g/mol. The lowest BCUT2D eigenvalue weighted by atomic mass is 9.77. The van der Waals surface area contributed by atoms with Crippen LogP contribution in [0.3, 0.4) is 0 Å². The van der Waals surface area contributed by atoms with Crippen molar-refractivity contribution >= 4 is 5.91 Å². The Balaban J connectivity index is 1.42. The molecule has 3 fully saturated rings. The van der Waals surface area contributed by atoms with Crippen molar-refractivity contribution in [1.29, 1.82) is 0 Å². The number of methoxy groups -OCH3 is 1. The molecule has 2 aliphatic heterocycles. The van der Waals surface area contributed by atoms with Gasteiger partial charge in [-0.25, -0.2) is 0 Å². The third-order valence-electron chi connectivity index (χ3n) is 7.53. The summed E-state index contributed by atoms with van der Waals surface area (Å²) in [6.45, 7) is 4.58. The van der Waals surface area contributed by atoms with E-state index in [-0.39, 0.29) is 17.4 Å². The second-order valence-electron chi connectivity index (χ2n) is 9.36. The summed E-state index contributed by atoms with van der Waals surface area (Å²) in [5.74, 6) is 1.10. The predicted octanol–water partition coefficient (Wildman–Crippen LogP) is 3.18. The molecule has 0 unspecified atom stereocenters. The summed E-state index contributed by atoms with van der Waals surface area (Å²) in [4.78, 5) is 18.6. The second kappa shape index (κ2) is 9.05. The highest BCUT2D eigenvalue weighted by Crippen LogP contribution is 2.42. The van der Waals surface area contributed by atoms with Crippen LogP contribution in [0.5, 0.6) is 5.75 Å². The Hall–Kier alpha value is -1.59. The first kappa shape index (κ1) is 20.7. The van der Waals surface area contributed by atoms with E-state index < -0.39 is 0 Å². The number of amides is 1. The lowest BCUT2D eigenvalue weighted by Crippen LogP contribution is -2.55. The van der Waals surface area contributed by atoms with Crippen molar-refractivity contribution in [2.45, 2.75) is 68.9 Å². The van der Waals surface area contributed by atoms with Gasteiger partial charge in [-0.3, -0.25) is 9.69 Å². The quantitative estimate of drug-likeness (QED) is 0.826. The van der Waals surface area contributed by atoms with E-state index in [4.69, 9.17) is 4.74 Å². The van der Waals surface area contributed by atoms with Gasteiger partial charge in [0, 0.05) is 18.6 Å². The van der Waals surface area contributed by atoms with Crippen LogP contribution in [0.4, 0.5) is 0 Å². The van der Waals surface area contributed by atoms with E-state index in [9.17, 15) is 4.79 Å². The molecule has 0 bridgehead atoms. The molecule has 1 aliphatic carbocycles. The topological polar surface area (TPSA) is 44.8 Å². The van der Waals surface area contributed by atoms with Gasteiger partial charge < -0.3 is 15.0 Å². The maximum atomic E-state index is 13.5. The summed E-state index contributed by atoms with van der Waals surface area (Å²) < 4.78 is 5.31. The Kier molecular flexibility index (Phi) is 6.45. The van der Waals surface area contributed by atoms with Gasteiger partial charge in [0.05, 0.1) is 12.5 Å². The summed E-state index contributed by atoms with van der Waals surface area (Å²) in [5.41, 5.74) is 0.790. The van der Waals surface area contributed by atoms with Gasteiger partial charge in [-0.05, 0) is 82.9 Å². The molecule has 160 valence electrons. The fraction of sp³-hybridized carbons (Fsp3) is 0.708. The number of benzene rings is 1. The highest BCUT2D eigenvalue weighted by atomic mass is 16.5. The number of carbonyl (C=O) groups is 1. The first-order chi connectivity index (χ1) is 14.1. The molecule has 1 amide bonds. The summed E-state index contributed by atoms with van der Waals surface area (Å²) in [7, 11) is 3.90. The van der Waals surface area contributed by atoms with Crippen LogP contribution in [-0.2, 0) is 10.2 Å². The molecule has 4 rings (SSSR count). The van der Waals surface area contributed by atoms with Gasteiger partial charge in [-0.2, -0.15) is 0 Å². The zero-order valence-electron chi connectivity index (χ0n) is 18.2. The van der Waals surface area contributed by atoms with Crippen LogP contribution >= 0.6 is 0 Å². The number of hydrogen-bond donors (Lipinski definition) is 1. The Bertz CT molecular complexity index is 676. The van der Waals surface area contributed by atoms with Gasteiger partial charge in [0.1, 0.15) is 5.75 Å². The molecule has 0 spiro atoms. The average molecular weight is 400 g/mol. The smallest absolute Gasteiger partial charge is 0.230 e. The number of rotatable bonds is 5. The highest BCUT2D eigenvalue weighted by molar-refractivity contribution is 5.89. The van der Waals surface area contributed by atoms with Gasteiger partial charge in [0.2, 0.25) is 5.91 Å². The maximum absolute atomic E-state index is 13.5. The fourth-order valence-corrected chi connectivity index (χ4v) is 5.67. The van der Waals surface area contributed by atoms with E-state index in [2.05, 4.69) is 34.3 Å². The number of carbonyl (C=O) groups excluding carboxylic acids is 1. The molecular formula is C24H37N3O2. The maximum Gasteiger partial charge on any atom is 0.230 e. The van der Waals surface area contributed by atoms with Crippen LogP contribution in [0, 0.1) is 0 Å². The highest BCUT2D eigenvalue weighted by Gasteiger charge is 2.43. The Labute approximate surface area is 175 Å². The Morgan fingerprint density at radius 3 is 2.38 bits per heavy atom. The zero-order valence-corrected chi connectivity index (χ0v) is 18.2. The molecule has 1 N–H and O–H groups in total. The fourth-order valence-electron chi connectivity index (χ4n) is 5.67. The molecule has 0 radical (unpaired) electrons. The van der Waals surface area contributed by atoms with Crippen LogP contribution < -0.4 is 10.1 Å². The molecule has 2 saturated heterocycles. The number of nitrogens with zero attached hydrogens (tertiary/aromatic N) is 2. The van der Waals surface area contributed by atoms with E-state index in [0.29, 0.717) is 6.04 Å².